The first-order valence-corrected chi connectivity index (χ1v) is 6.81. The van der Waals surface area contributed by atoms with Crippen LogP contribution in [-0.2, 0) is 0 Å². The molecule has 0 unspecified atom stereocenters. The molecule has 0 N–H and O–H groups in total. The van der Waals surface area contributed by atoms with E-state index in [2.05, 4.69) is 12.0 Å². The third kappa shape index (κ3) is 4.14. The monoisotopic (exact) mass is 283 g/mol. The molecule has 0 amide bonds. The Balaban J connectivity index is 2.14. The lowest BCUT2D eigenvalue weighted by Crippen LogP contribution is -2.17. The van der Waals surface area contributed by atoms with Crippen LogP contribution in [0.15, 0.2) is 59.7 Å². The van der Waals surface area contributed by atoms with Crippen molar-refractivity contribution in [3.8, 4) is 0 Å². The summed E-state index contributed by atoms with van der Waals surface area (Å²) in [6, 6.07) is 16.3. The highest BCUT2D eigenvalue weighted by Crippen LogP contribution is 2.15. The summed E-state index contributed by atoms with van der Waals surface area (Å²) in [6.07, 6.45) is 2.69. The van der Waals surface area contributed by atoms with Crippen LogP contribution < -0.4 is 5.01 Å². The molecule has 0 bridgehead atoms. The second-order valence-electron chi connectivity index (χ2n) is 4.55. The standard InChI is InChI=1S/C16H17N3O2/c1-2-12-18(15-6-4-3-5-7-15)17-13-14-8-10-16(11-9-14)19(20)21/h3-11,13H,2,12H2,1H3. The van der Waals surface area contributed by atoms with Crippen molar-refractivity contribution in [3.05, 3.63) is 70.3 Å². The number of rotatable bonds is 6. The van der Waals surface area contributed by atoms with Gasteiger partial charge >= 0.3 is 0 Å². The van der Waals surface area contributed by atoms with Gasteiger partial charge < -0.3 is 0 Å². The van der Waals surface area contributed by atoms with Gasteiger partial charge in [-0.2, -0.15) is 5.10 Å². The molecule has 0 fully saturated rings. The van der Waals surface area contributed by atoms with E-state index in [-0.39, 0.29) is 5.69 Å². The van der Waals surface area contributed by atoms with Crippen LogP contribution in [0.25, 0.3) is 0 Å². The molecule has 2 aromatic rings. The maximum Gasteiger partial charge on any atom is 0.269 e. The van der Waals surface area contributed by atoms with Gasteiger partial charge in [0.1, 0.15) is 0 Å². The number of nitro groups is 1. The van der Waals surface area contributed by atoms with Crippen LogP contribution in [0.2, 0.25) is 0 Å². The molecule has 21 heavy (non-hydrogen) atoms. The predicted octanol–water partition coefficient (Wildman–Crippen LogP) is 3.85. The first kappa shape index (κ1) is 14.7. The average molecular weight is 283 g/mol. The smallest absolute Gasteiger partial charge is 0.266 e. The maximum absolute atomic E-state index is 10.6. The topological polar surface area (TPSA) is 58.7 Å². The van der Waals surface area contributed by atoms with Crippen LogP contribution in [0.5, 0.6) is 0 Å². The van der Waals surface area contributed by atoms with Gasteiger partial charge in [0.15, 0.2) is 0 Å². The lowest BCUT2D eigenvalue weighted by atomic mass is 10.2. The van der Waals surface area contributed by atoms with Crippen molar-refractivity contribution in [2.45, 2.75) is 13.3 Å². The molecule has 0 heterocycles. The summed E-state index contributed by atoms with van der Waals surface area (Å²) in [5, 5.41) is 17.0. The van der Waals surface area contributed by atoms with Gasteiger partial charge in [-0.25, -0.2) is 0 Å². The number of para-hydroxylation sites is 1. The van der Waals surface area contributed by atoms with E-state index in [0.717, 1.165) is 24.2 Å². The zero-order valence-electron chi connectivity index (χ0n) is 11.8. The van der Waals surface area contributed by atoms with Crippen LogP contribution in [0, 0.1) is 10.1 Å². The molecular weight excluding hydrogens is 266 g/mol. The molecule has 0 aliphatic rings. The lowest BCUT2D eigenvalue weighted by Gasteiger charge is -2.18. The van der Waals surface area contributed by atoms with E-state index < -0.39 is 4.92 Å². The third-order valence-corrected chi connectivity index (χ3v) is 2.94. The fourth-order valence-electron chi connectivity index (χ4n) is 1.88. The summed E-state index contributed by atoms with van der Waals surface area (Å²) in [5.41, 5.74) is 1.94. The molecule has 0 saturated heterocycles. The number of benzene rings is 2. The van der Waals surface area contributed by atoms with Gasteiger partial charge in [0, 0.05) is 18.7 Å². The molecule has 0 saturated carbocycles. The van der Waals surface area contributed by atoms with Crippen molar-refractivity contribution < 1.29 is 4.92 Å². The Bertz CT molecular complexity index is 609. The Hall–Kier alpha value is -2.69. The number of nitro benzene ring substituents is 1. The number of nitrogens with zero attached hydrogens (tertiary/aromatic N) is 3. The Morgan fingerprint density at radius 1 is 1.14 bits per heavy atom. The highest BCUT2D eigenvalue weighted by molar-refractivity contribution is 5.80. The van der Waals surface area contributed by atoms with Crippen LogP contribution >= 0.6 is 0 Å². The Labute approximate surface area is 123 Å². The highest BCUT2D eigenvalue weighted by atomic mass is 16.6. The van der Waals surface area contributed by atoms with E-state index in [0.29, 0.717) is 0 Å². The van der Waals surface area contributed by atoms with E-state index >= 15 is 0 Å². The summed E-state index contributed by atoms with van der Waals surface area (Å²) >= 11 is 0. The fraction of sp³-hybridized carbons (Fsp3) is 0.188. The van der Waals surface area contributed by atoms with Gasteiger partial charge in [-0.05, 0) is 36.2 Å². The summed E-state index contributed by atoms with van der Waals surface area (Å²) in [7, 11) is 0. The van der Waals surface area contributed by atoms with Crippen LogP contribution in [0.4, 0.5) is 11.4 Å². The number of hydrogen-bond acceptors (Lipinski definition) is 4. The molecule has 2 aromatic carbocycles. The quantitative estimate of drug-likeness (QED) is 0.459. The van der Waals surface area contributed by atoms with E-state index in [1.165, 1.54) is 12.1 Å². The van der Waals surface area contributed by atoms with E-state index in [9.17, 15) is 10.1 Å². The van der Waals surface area contributed by atoms with E-state index in [1.807, 2.05) is 35.3 Å². The van der Waals surface area contributed by atoms with Gasteiger partial charge in [-0.3, -0.25) is 15.1 Å². The van der Waals surface area contributed by atoms with E-state index in [1.54, 1.807) is 18.3 Å². The lowest BCUT2D eigenvalue weighted by molar-refractivity contribution is -0.384. The van der Waals surface area contributed by atoms with Gasteiger partial charge in [-0.15, -0.1) is 0 Å². The van der Waals surface area contributed by atoms with Crippen molar-refractivity contribution in [2.75, 3.05) is 11.6 Å². The highest BCUT2D eigenvalue weighted by Gasteiger charge is 2.04. The van der Waals surface area contributed by atoms with Gasteiger partial charge in [0.25, 0.3) is 5.69 Å². The van der Waals surface area contributed by atoms with Crippen LogP contribution in [-0.4, -0.2) is 17.7 Å². The molecule has 0 radical (unpaired) electrons. The minimum atomic E-state index is -0.408. The van der Waals surface area contributed by atoms with Crippen LogP contribution in [0.1, 0.15) is 18.9 Å². The van der Waals surface area contributed by atoms with Gasteiger partial charge in [0.2, 0.25) is 0 Å². The Morgan fingerprint density at radius 3 is 2.38 bits per heavy atom. The Kier molecular flexibility index (Phi) is 5.04. The second kappa shape index (κ2) is 7.19. The summed E-state index contributed by atoms with van der Waals surface area (Å²) in [4.78, 5) is 10.2. The number of non-ortho nitro benzene ring substituents is 1. The average Bonchev–Trinajstić information content (AvgIpc) is 2.52. The molecule has 0 aromatic heterocycles. The number of anilines is 1. The van der Waals surface area contributed by atoms with Crippen molar-refractivity contribution >= 4 is 17.6 Å². The zero-order chi connectivity index (χ0) is 15.1. The van der Waals surface area contributed by atoms with Gasteiger partial charge in [-0.1, -0.05) is 25.1 Å². The van der Waals surface area contributed by atoms with Crippen molar-refractivity contribution in [2.24, 2.45) is 5.10 Å². The molecule has 0 atom stereocenters. The molecule has 5 nitrogen and oxygen atoms in total. The summed E-state index contributed by atoms with van der Waals surface area (Å²) in [5.74, 6) is 0. The fourth-order valence-corrected chi connectivity index (χ4v) is 1.88. The number of hydrogen-bond donors (Lipinski definition) is 0. The molecular formula is C16H17N3O2. The molecule has 2 rings (SSSR count). The van der Waals surface area contributed by atoms with E-state index in [4.69, 9.17) is 0 Å². The predicted molar refractivity (Wildman–Crippen MR) is 84.8 cm³/mol. The largest absolute Gasteiger partial charge is 0.269 e. The normalized spacial score (nSPS) is 10.7. The van der Waals surface area contributed by atoms with Crippen molar-refractivity contribution in [3.63, 3.8) is 0 Å². The Morgan fingerprint density at radius 2 is 1.81 bits per heavy atom. The third-order valence-electron chi connectivity index (χ3n) is 2.94. The molecule has 108 valence electrons. The minimum Gasteiger partial charge on any atom is -0.266 e. The maximum atomic E-state index is 10.6. The molecule has 0 aliphatic carbocycles. The number of hydrazone groups is 1. The second-order valence-corrected chi connectivity index (χ2v) is 4.55. The first-order valence-electron chi connectivity index (χ1n) is 6.81. The summed E-state index contributed by atoms with van der Waals surface area (Å²) in [6.45, 7) is 2.91. The first-order chi connectivity index (χ1) is 10.2. The van der Waals surface area contributed by atoms with Crippen molar-refractivity contribution in [1.29, 1.82) is 0 Å². The SMILES string of the molecule is CCCN(N=Cc1ccc([N+](=O)[O-])cc1)c1ccccc1. The van der Waals surface area contributed by atoms with Crippen LogP contribution in [0.3, 0.4) is 0 Å². The summed E-state index contributed by atoms with van der Waals surface area (Å²) < 4.78 is 0. The molecule has 0 aliphatic heterocycles. The molecule has 0 spiro atoms. The van der Waals surface area contributed by atoms with Gasteiger partial charge in [0.05, 0.1) is 16.8 Å². The molecule has 5 heteroatoms. The zero-order valence-corrected chi connectivity index (χ0v) is 11.8. The van der Waals surface area contributed by atoms with Crippen molar-refractivity contribution in [1.82, 2.24) is 0 Å². The minimum absolute atomic E-state index is 0.0839.